The molecule has 2 N–H and O–H groups in total. The standard InChI is InChI=1S/C18H24N2O6S/c1-3-27(24,25)15-11-7-6-10-14(15)17(22)26-12(2)16(21)20-18(23)19-13-8-4-5-9-13/h6-7,10-13H,3-5,8-9H2,1-2H3,(H2,19,20,21,23)/t12-/m1/s1. The molecule has 0 saturated heterocycles. The number of esters is 1. The number of hydrogen-bond acceptors (Lipinski definition) is 6. The molecule has 148 valence electrons. The third-order valence-corrected chi connectivity index (χ3v) is 6.19. The molecule has 1 atom stereocenters. The molecule has 0 heterocycles. The molecule has 0 radical (unpaired) electrons. The van der Waals surface area contributed by atoms with Crippen LogP contribution < -0.4 is 10.6 Å². The maximum atomic E-state index is 12.3. The molecule has 0 unspecified atom stereocenters. The van der Waals surface area contributed by atoms with Crippen LogP contribution in [0.4, 0.5) is 4.79 Å². The van der Waals surface area contributed by atoms with Crippen LogP contribution >= 0.6 is 0 Å². The Kier molecular flexibility index (Phi) is 6.95. The molecule has 0 aromatic heterocycles. The molecule has 1 saturated carbocycles. The normalized spacial score (nSPS) is 15.8. The van der Waals surface area contributed by atoms with Crippen molar-refractivity contribution in [2.45, 2.75) is 56.6 Å². The second kappa shape index (κ2) is 8.98. The maximum absolute atomic E-state index is 12.3. The summed E-state index contributed by atoms with van der Waals surface area (Å²) in [6.07, 6.45) is 2.55. The van der Waals surface area contributed by atoms with Gasteiger partial charge in [0.1, 0.15) is 0 Å². The van der Waals surface area contributed by atoms with Crippen LogP contribution in [0.2, 0.25) is 0 Å². The zero-order valence-electron chi connectivity index (χ0n) is 15.4. The zero-order chi connectivity index (χ0) is 20.0. The van der Waals surface area contributed by atoms with E-state index in [4.69, 9.17) is 4.74 Å². The molecule has 8 nitrogen and oxygen atoms in total. The second-order valence-electron chi connectivity index (χ2n) is 6.39. The van der Waals surface area contributed by atoms with Gasteiger partial charge < -0.3 is 10.1 Å². The van der Waals surface area contributed by atoms with Crippen LogP contribution in [0.1, 0.15) is 49.9 Å². The van der Waals surface area contributed by atoms with Crippen LogP contribution in [0.5, 0.6) is 0 Å². The number of hydrogen-bond donors (Lipinski definition) is 2. The lowest BCUT2D eigenvalue weighted by Crippen LogP contribution is -2.47. The van der Waals surface area contributed by atoms with Gasteiger partial charge in [-0.2, -0.15) is 0 Å². The highest BCUT2D eigenvalue weighted by atomic mass is 32.2. The third kappa shape index (κ3) is 5.53. The second-order valence-corrected chi connectivity index (χ2v) is 8.64. The van der Waals surface area contributed by atoms with E-state index in [0.29, 0.717) is 0 Å². The Morgan fingerprint density at radius 2 is 1.81 bits per heavy atom. The van der Waals surface area contributed by atoms with Crippen molar-refractivity contribution in [3.63, 3.8) is 0 Å². The van der Waals surface area contributed by atoms with Crippen LogP contribution in [0.25, 0.3) is 0 Å². The lowest BCUT2D eigenvalue weighted by atomic mass is 10.2. The van der Waals surface area contributed by atoms with Crippen molar-refractivity contribution in [2.75, 3.05) is 5.75 Å². The fraction of sp³-hybridized carbons (Fsp3) is 0.500. The number of carbonyl (C=O) groups is 3. The minimum atomic E-state index is -3.63. The van der Waals surface area contributed by atoms with Gasteiger partial charge in [0.2, 0.25) is 0 Å². The molecule has 1 aromatic carbocycles. The Balaban J connectivity index is 1.99. The topological polar surface area (TPSA) is 119 Å². The van der Waals surface area contributed by atoms with E-state index in [1.54, 1.807) is 0 Å². The molecule has 1 aliphatic rings. The van der Waals surface area contributed by atoms with Gasteiger partial charge >= 0.3 is 12.0 Å². The van der Waals surface area contributed by atoms with Gasteiger partial charge in [0, 0.05) is 6.04 Å². The van der Waals surface area contributed by atoms with E-state index in [1.165, 1.54) is 38.1 Å². The maximum Gasteiger partial charge on any atom is 0.340 e. The van der Waals surface area contributed by atoms with Gasteiger partial charge in [-0.05, 0) is 31.9 Å². The van der Waals surface area contributed by atoms with E-state index in [9.17, 15) is 22.8 Å². The van der Waals surface area contributed by atoms with Gasteiger partial charge in [-0.25, -0.2) is 18.0 Å². The summed E-state index contributed by atoms with van der Waals surface area (Å²) >= 11 is 0. The van der Waals surface area contributed by atoms with E-state index in [2.05, 4.69) is 10.6 Å². The van der Waals surface area contributed by atoms with Crippen molar-refractivity contribution in [1.82, 2.24) is 10.6 Å². The molecular formula is C18H24N2O6S. The van der Waals surface area contributed by atoms with Crippen molar-refractivity contribution in [3.8, 4) is 0 Å². The molecule has 0 aliphatic heterocycles. The van der Waals surface area contributed by atoms with E-state index in [1.807, 2.05) is 0 Å². The fourth-order valence-corrected chi connectivity index (χ4v) is 3.93. The number of sulfone groups is 1. The number of urea groups is 1. The molecule has 1 aliphatic carbocycles. The van der Waals surface area contributed by atoms with Gasteiger partial charge in [-0.15, -0.1) is 0 Å². The number of benzene rings is 1. The monoisotopic (exact) mass is 396 g/mol. The molecule has 3 amide bonds. The van der Waals surface area contributed by atoms with Crippen LogP contribution in [-0.2, 0) is 19.4 Å². The minimum Gasteiger partial charge on any atom is -0.449 e. The van der Waals surface area contributed by atoms with E-state index >= 15 is 0 Å². The number of imide groups is 1. The Morgan fingerprint density at radius 3 is 2.44 bits per heavy atom. The molecule has 2 rings (SSSR count). The van der Waals surface area contributed by atoms with Crippen molar-refractivity contribution in [2.24, 2.45) is 0 Å². The minimum absolute atomic E-state index is 0.0433. The number of nitrogens with one attached hydrogen (secondary N) is 2. The SMILES string of the molecule is CCS(=O)(=O)c1ccccc1C(=O)O[C@H](C)C(=O)NC(=O)NC1CCCC1. The Bertz CT molecular complexity index is 815. The Hall–Kier alpha value is -2.42. The largest absolute Gasteiger partial charge is 0.449 e. The molecule has 0 bridgehead atoms. The molecule has 0 spiro atoms. The molecule has 27 heavy (non-hydrogen) atoms. The number of ether oxygens (including phenoxy) is 1. The lowest BCUT2D eigenvalue weighted by Gasteiger charge is -2.16. The Labute approximate surface area is 158 Å². The van der Waals surface area contributed by atoms with Crippen molar-refractivity contribution < 1.29 is 27.5 Å². The van der Waals surface area contributed by atoms with Crippen molar-refractivity contribution >= 4 is 27.7 Å². The first-order chi connectivity index (χ1) is 12.7. The summed E-state index contributed by atoms with van der Waals surface area (Å²) in [6.45, 7) is 2.78. The summed E-state index contributed by atoms with van der Waals surface area (Å²) in [5.74, 6) is -1.90. The summed E-state index contributed by atoms with van der Waals surface area (Å²) < 4.78 is 29.3. The first-order valence-corrected chi connectivity index (χ1v) is 10.5. The fourth-order valence-electron chi connectivity index (χ4n) is 2.84. The molecule has 1 aromatic rings. The predicted molar refractivity (Wildman–Crippen MR) is 98.0 cm³/mol. The summed E-state index contributed by atoms with van der Waals surface area (Å²) in [4.78, 5) is 36.1. The van der Waals surface area contributed by atoms with Gasteiger partial charge in [0.05, 0.1) is 16.2 Å². The number of rotatable bonds is 6. The number of amides is 3. The van der Waals surface area contributed by atoms with Crippen LogP contribution in [0.3, 0.4) is 0 Å². The van der Waals surface area contributed by atoms with Crippen LogP contribution in [-0.4, -0.2) is 44.2 Å². The average molecular weight is 396 g/mol. The molecule has 9 heteroatoms. The van der Waals surface area contributed by atoms with E-state index in [-0.39, 0.29) is 22.3 Å². The summed E-state index contributed by atoms with van der Waals surface area (Å²) in [5.41, 5.74) is -0.144. The molecular weight excluding hydrogens is 372 g/mol. The smallest absolute Gasteiger partial charge is 0.340 e. The van der Waals surface area contributed by atoms with Crippen molar-refractivity contribution in [3.05, 3.63) is 29.8 Å². The Morgan fingerprint density at radius 1 is 1.19 bits per heavy atom. The van der Waals surface area contributed by atoms with Crippen molar-refractivity contribution in [1.29, 1.82) is 0 Å². The van der Waals surface area contributed by atoms with Crippen LogP contribution in [0, 0.1) is 0 Å². The van der Waals surface area contributed by atoms with E-state index < -0.39 is 33.8 Å². The first kappa shape index (κ1) is 20.9. The quantitative estimate of drug-likeness (QED) is 0.708. The first-order valence-electron chi connectivity index (χ1n) is 8.88. The average Bonchev–Trinajstić information content (AvgIpc) is 3.14. The van der Waals surface area contributed by atoms with Gasteiger partial charge in [0.15, 0.2) is 15.9 Å². The van der Waals surface area contributed by atoms with E-state index in [0.717, 1.165) is 25.7 Å². The van der Waals surface area contributed by atoms with Gasteiger partial charge in [-0.1, -0.05) is 31.9 Å². The van der Waals surface area contributed by atoms with Gasteiger partial charge in [-0.3, -0.25) is 10.1 Å². The molecule has 1 fully saturated rings. The summed E-state index contributed by atoms with van der Waals surface area (Å²) in [5, 5.41) is 4.83. The lowest BCUT2D eigenvalue weighted by molar-refractivity contribution is -0.127. The zero-order valence-corrected chi connectivity index (χ0v) is 16.2. The summed E-state index contributed by atoms with van der Waals surface area (Å²) in [6, 6.07) is 5.05. The highest BCUT2D eigenvalue weighted by molar-refractivity contribution is 7.91. The highest BCUT2D eigenvalue weighted by Gasteiger charge is 2.26. The summed E-state index contributed by atoms with van der Waals surface area (Å²) in [7, 11) is -3.63. The third-order valence-electron chi connectivity index (χ3n) is 4.40. The predicted octanol–water partition coefficient (Wildman–Crippen LogP) is 1.79. The highest BCUT2D eigenvalue weighted by Crippen LogP contribution is 2.19. The van der Waals surface area contributed by atoms with Crippen LogP contribution in [0.15, 0.2) is 29.2 Å². The number of carbonyl (C=O) groups excluding carboxylic acids is 3. The van der Waals surface area contributed by atoms with Gasteiger partial charge in [0.25, 0.3) is 5.91 Å².